The van der Waals surface area contributed by atoms with Crippen LogP contribution in [-0.4, -0.2) is 60.5 Å². The van der Waals surface area contributed by atoms with Gasteiger partial charge in [0.25, 0.3) is 0 Å². The standard InChI is InChI=1S/C10H19NO4/c12-4-6-15-5-3-11-2-1-9(8-11)7-10(13)14/h9,12H,1-8H2,(H,13,14). The fraction of sp³-hybridized carbons (Fsp3) is 0.900. The Morgan fingerprint density at radius 3 is 2.93 bits per heavy atom. The second kappa shape index (κ2) is 6.76. The van der Waals surface area contributed by atoms with E-state index in [2.05, 4.69) is 4.90 Å². The lowest BCUT2D eigenvalue weighted by Crippen LogP contribution is -2.26. The molecule has 0 aromatic heterocycles. The van der Waals surface area contributed by atoms with Crippen LogP contribution in [0, 0.1) is 5.92 Å². The minimum atomic E-state index is -0.710. The maximum absolute atomic E-state index is 10.5. The van der Waals surface area contributed by atoms with Crippen LogP contribution in [0.4, 0.5) is 0 Å². The first-order valence-corrected chi connectivity index (χ1v) is 5.35. The Kier molecular flexibility index (Phi) is 5.60. The summed E-state index contributed by atoms with van der Waals surface area (Å²) in [6.45, 7) is 3.69. The molecule has 0 aliphatic carbocycles. The second-order valence-electron chi connectivity index (χ2n) is 3.89. The van der Waals surface area contributed by atoms with E-state index in [1.165, 1.54) is 0 Å². The lowest BCUT2D eigenvalue weighted by atomic mass is 10.1. The van der Waals surface area contributed by atoms with E-state index >= 15 is 0 Å². The van der Waals surface area contributed by atoms with E-state index in [0.29, 0.717) is 19.1 Å². The topological polar surface area (TPSA) is 70.0 Å². The SMILES string of the molecule is O=C(O)CC1CCN(CCOCCO)C1. The molecule has 88 valence electrons. The van der Waals surface area contributed by atoms with Crippen LogP contribution in [-0.2, 0) is 9.53 Å². The highest BCUT2D eigenvalue weighted by molar-refractivity contribution is 5.67. The first kappa shape index (κ1) is 12.4. The van der Waals surface area contributed by atoms with Gasteiger partial charge in [0.2, 0.25) is 0 Å². The van der Waals surface area contributed by atoms with Crippen LogP contribution in [0.15, 0.2) is 0 Å². The monoisotopic (exact) mass is 217 g/mol. The number of nitrogens with zero attached hydrogens (tertiary/aromatic N) is 1. The third kappa shape index (κ3) is 5.11. The van der Waals surface area contributed by atoms with Crippen molar-refractivity contribution in [3.05, 3.63) is 0 Å². The number of rotatable bonds is 7. The molecule has 1 heterocycles. The number of aliphatic hydroxyl groups is 1. The van der Waals surface area contributed by atoms with Gasteiger partial charge in [-0.1, -0.05) is 0 Å². The Bertz CT molecular complexity index is 198. The van der Waals surface area contributed by atoms with Crippen molar-refractivity contribution in [2.75, 3.05) is 39.5 Å². The first-order valence-electron chi connectivity index (χ1n) is 5.35. The maximum Gasteiger partial charge on any atom is 0.303 e. The summed E-state index contributed by atoms with van der Waals surface area (Å²) in [6.07, 6.45) is 1.24. The number of hydrogen-bond acceptors (Lipinski definition) is 4. The van der Waals surface area contributed by atoms with Gasteiger partial charge in [-0.3, -0.25) is 4.79 Å². The molecular weight excluding hydrogens is 198 g/mol. The zero-order chi connectivity index (χ0) is 11.1. The van der Waals surface area contributed by atoms with Gasteiger partial charge in [-0.2, -0.15) is 0 Å². The molecule has 0 bridgehead atoms. The van der Waals surface area contributed by atoms with Gasteiger partial charge in [-0.15, -0.1) is 0 Å². The molecule has 5 nitrogen and oxygen atoms in total. The fourth-order valence-corrected chi connectivity index (χ4v) is 1.89. The molecule has 1 unspecified atom stereocenters. The Labute approximate surface area is 89.6 Å². The van der Waals surface area contributed by atoms with Crippen LogP contribution in [0.25, 0.3) is 0 Å². The fourth-order valence-electron chi connectivity index (χ4n) is 1.89. The van der Waals surface area contributed by atoms with Crippen molar-refractivity contribution in [2.24, 2.45) is 5.92 Å². The summed E-state index contributed by atoms with van der Waals surface area (Å²) < 4.78 is 5.15. The van der Waals surface area contributed by atoms with E-state index in [9.17, 15) is 4.79 Å². The van der Waals surface area contributed by atoms with Crippen LogP contribution < -0.4 is 0 Å². The van der Waals surface area contributed by atoms with Gasteiger partial charge >= 0.3 is 5.97 Å². The molecule has 1 aliphatic rings. The summed E-state index contributed by atoms with van der Waals surface area (Å²) in [5, 5.41) is 17.1. The van der Waals surface area contributed by atoms with Crippen molar-refractivity contribution in [3.8, 4) is 0 Å². The van der Waals surface area contributed by atoms with E-state index in [4.69, 9.17) is 14.9 Å². The van der Waals surface area contributed by atoms with Gasteiger partial charge in [-0.25, -0.2) is 0 Å². The summed E-state index contributed by atoms with van der Waals surface area (Å²) in [5.41, 5.74) is 0. The smallest absolute Gasteiger partial charge is 0.303 e. The molecule has 1 saturated heterocycles. The molecule has 0 amide bonds. The third-order valence-corrected chi connectivity index (χ3v) is 2.62. The van der Waals surface area contributed by atoms with E-state index in [-0.39, 0.29) is 13.0 Å². The normalized spacial score (nSPS) is 22.1. The highest BCUT2D eigenvalue weighted by Gasteiger charge is 2.23. The van der Waals surface area contributed by atoms with Crippen LogP contribution in [0.5, 0.6) is 0 Å². The molecule has 0 aromatic carbocycles. The first-order chi connectivity index (χ1) is 7.22. The lowest BCUT2D eigenvalue weighted by molar-refractivity contribution is -0.138. The largest absolute Gasteiger partial charge is 0.481 e. The van der Waals surface area contributed by atoms with Gasteiger partial charge in [0, 0.05) is 19.5 Å². The molecule has 1 aliphatic heterocycles. The highest BCUT2D eigenvalue weighted by atomic mass is 16.5. The van der Waals surface area contributed by atoms with Crippen molar-refractivity contribution in [2.45, 2.75) is 12.8 Å². The molecule has 0 radical (unpaired) electrons. The molecule has 15 heavy (non-hydrogen) atoms. The average molecular weight is 217 g/mol. The summed E-state index contributed by atoms with van der Waals surface area (Å²) >= 11 is 0. The van der Waals surface area contributed by atoms with Crippen LogP contribution >= 0.6 is 0 Å². The quantitative estimate of drug-likeness (QED) is 0.578. The minimum Gasteiger partial charge on any atom is -0.481 e. The molecule has 0 spiro atoms. The predicted octanol–water partition coefficient (Wildman–Crippen LogP) is -0.208. The Balaban J connectivity index is 2.05. The highest BCUT2D eigenvalue weighted by Crippen LogP contribution is 2.18. The molecule has 0 aromatic rings. The van der Waals surface area contributed by atoms with E-state index in [1.54, 1.807) is 0 Å². The van der Waals surface area contributed by atoms with Crippen molar-refractivity contribution in [3.63, 3.8) is 0 Å². The van der Waals surface area contributed by atoms with Gasteiger partial charge in [0.1, 0.15) is 0 Å². The van der Waals surface area contributed by atoms with E-state index in [1.807, 2.05) is 0 Å². The van der Waals surface area contributed by atoms with Crippen molar-refractivity contribution in [1.29, 1.82) is 0 Å². The van der Waals surface area contributed by atoms with Crippen LogP contribution in [0.2, 0.25) is 0 Å². The number of likely N-dealkylation sites (tertiary alicyclic amines) is 1. The van der Waals surface area contributed by atoms with Crippen molar-refractivity contribution < 1.29 is 19.7 Å². The summed E-state index contributed by atoms with van der Waals surface area (Å²) in [7, 11) is 0. The lowest BCUT2D eigenvalue weighted by Gasteiger charge is -2.15. The predicted molar refractivity (Wildman–Crippen MR) is 54.7 cm³/mol. The number of carboxylic acids is 1. The Morgan fingerprint density at radius 2 is 2.27 bits per heavy atom. The molecule has 1 rings (SSSR count). The number of hydrogen-bond donors (Lipinski definition) is 2. The molecule has 1 atom stereocenters. The zero-order valence-corrected chi connectivity index (χ0v) is 8.89. The molecule has 2 N–H and O–H groups in total. The van der Waals surface area contributed by atoms with Crippen molar-refractivity contribution in [1.82, 2.24) is 4.90 Å². The number of carboxylic acid groups (broad SMARTS) is 1. The van der Waals surface area contributed by atoms with Gasteiger partial charge in [0.15, 0.2) is 0 Å². The number of ether oxygens (including phenoxy) is 1. The average Bonchev–Trinajstić information content (AvgIpc) is 2.59. The maximum atomic E-state index is 10.5. The molecular formula is C10H19NO4. The molecule has 0 saturated carbocycles. The van der Waals surface area contributed by atoms with Gasteiger partial charge < -0.3 is 19.8 Å². The zero-order valence-electron chi connectivity index (χ0n) is 8.89. The van der Waals surface area contributed by atoms with E-state index < -0.39 is 5.97 Å². The number of carbonyl (C=O) groups is 1. The number of aliphatic carboxylic acids is 1. The summed E-state index contributed by atoms with van der Waals surface area (Å²) in [4.78, 5) is 12.7. The Morgan fingerprint density at radius 1 is 1.47 bits per heavy atom. The summed E-state index contributed by atoms with van der Waals surface area (Å²) in [5.74, 6) is -0.418. The van der Waals surface area contributed by atoms with Gasteiger partial charge in [0.05, 0.1) is 19.8 Å². The Hall–Kier alpha value is -0.650. The molecule has 5 heteroatoms. The van der Waals surface area contributed by atoms with Crippen LogP contribution in [0.3, 0.4) is 0 Å². The summed E-state index contributed by atoms with van der Waals surface area (Å²) in [6, 6.07) is 0. The van der Waals surface area contributed by atoms with Crippen molar-refractivity contribution >= 4 is 5.97 Å². The third-order valence-electron chi connectivity index (χ3n) is 2.62. The van der Waals surface area contributed by atoms with Gasteiger partial charge in [-0.05, 0) is 18.9 Å². The second-order valence-corrected chi connectivity index (χ2v) is 3.89. The molecule has 1 fully saturated rings. The van der Waals surface area contributed by atoms with Crippen LogP contribution in [0.1, 0.15) is 12.8 Å². The minimum absolute atomic E-state index is 0.0572. The van der Waals surface area contributed by atoms with E-state index in [0.717, 1.165) is 26.1 Å². The number of aliphatic hydroxyl groups excluding tert-OH is 1.